The Hall–Kier alpha value is -0.820. The quantitative estimate of drug-likeness (QED) is 0.768. The van der Waals surface area contributed by atoms with Gasteiger partial charge in [-0.3, -0.25) is 4.90 Å². The second-order valence-corrected chi connectivity index (χ2v) is 5.25. The summed E-state index contributed by atoms with van der Waals surface area (Å²) in [6.07, 6.45) is 6.51. The molecule has 0 amide bonds. The van der Waals surface area contributed by atoms with E-state index in [0.717, 1.165) is 26.1 Å². The van der Waals surface area contributed by atoms with Crippen LogP contribution in [0.15, 0.2) is 6.07 Å². The first kappa shape index (κ1) is 13.2. The van der Waals surface area contributed by atoms with Gasteiger partial charge in [0.2, 0.25) is 0 Å². The largest absolute Gasteiger partial charge is 0.326 e. The zero-order chi connectivity index (χ0) is 12.0. The Morgan fingerprint density at radius 2 is 2.31 bits per heavy atom. The molecule has 0 aromatic carbocycles. The highest BCUT2D eigenvalue weighted by molar-refractivity contribution is 7.12. The smallest absolute Gasteiger partial charge is 0.0601 e. The monoisotopic (exact) mass is 236 g/mol. The molecule has 0 spiro atoms. The molecule has 0 radical (unpaired) electrons. The highest BCUT2D eigenvalue weighted by Crippen LogP contribution is 2.22. The van der Waals surface area contributed by atoms with Gasteiger partial charge in [-0.1, -0.05) is 12.8 Å². The average molecular weight is 236 g/mol. The van der Waals surface area contributed by atoms with Gasteiger partial charge < -0.3 is 5.73 Å². The van der Waals surface area contributed by atoms with Gasteiger partial charge in [-0.2, -0.15) is 0 Å². The number of aryl methyl sites for hydroxylation is 1. The summed E-state index contributed by atoms with van der Waals surface area (Å²) in [7, 11) is 0. The third kappa shape index (κ3) is 3.64. The molecule has 0 unspecified atom stereocenters. The predicted molar refractivity (Wildman–Crippen MR) is 71.3 cm³/mol. The van der Waals surface area contributed by atoms with Gasteiger partial charge in [0.15, 0.2) is 0 Å². The Kier molecular flexibility index (Phi) is 5.54. The van der Waals surface area contributed by atoms with Crippen molar-refractivity contribution in [2.45, 2.75) is 33.4 Å². The maximum Gasteiger partial charge on any atom is 0.0601 e. The van der Waals surface area contributed by atoms with E-state index in [-0.39, 0.29) is 0 Å². The third-order valence-electron chi connectivity index (χ3n) is 2.52. The Bertz CT molecular complexity index is 362. The van der Waals surface area contributed by atoms with Crippen molar-refractivity contribution in [1.29, 1.82) is 0 Å². The van der Waals surface area contributed by atoms with E-state index in [0.29, 0.717) is 6.54 Å². The fourth-order valence-electron chi connectivity index (χ4n) is 1.75. The summed E-state index contributed by atoms with van der Waals surface area (Å²) < 4.78 is 0. The summed E-state index contributed by atoms with van der Waals surface area (Å²) >= 11 is 1.79. The van der Waals surface area contributed by atoms with Crippen molar-refractivity contribution < 1.29 is 0 Å². The molecular formula is C13H20N2S. The van der Waals surface area contributed by atoms with E-state index >= 15 is 0 Å². The van der Waals surface area contributed by atoms with E-state index in [4.69, 9.17) is 12.2 Å². The molecule has 0 aliphatic rings. The summed E-state index contributed by atoms with van der Waals surface area (Å²) in [5, 5.41) is 0. The van der Waals surface area contributed by atoms with Crippen LogP contribution < -0.4 is 5.73 Å². The highest BCUT2D eigenvalue weighted by Gasteiger charge is 2.08. The first-order valence-electron chi connectivity index (χ1n) is 5.65. The summed E-state index contributed by atoms with van der Waals surface area (Å²) in [5.41, 5.74) is 7.01. The number of nitrogens with two attached hydrogens (primary N) is 1. The molecular weight excluding hydrogens is 216 g/mol. The summed E-state index contributed by atoms with van der Waals surface area (Å²) in [6.45, 7) is 7.68. The molecule has 16 heavy (non-hydrogen) atoms. The van der Waals surface area contributed by atoms with Gasteiger partial charge in [0.25, 0.3) is 0 Å². The van der Waals surface area contributed by atoms with Crippen molar-refractivity contribution in [3.63, 3.8) is 0 Å². The van der Waals surface area contributed by atoms with Gasteiger partial charge >= 0.3 is 0 Å². The summed E-state index contributed by atoms with van der Waals surface area (Å²) in [5.74, 6) is 2.72. The van der Waals surface area contributed by atoms with E-state index < -0.39 is 0 Å². The molecule has 0 atom stereocenters. The fraction of sp³-hybridized carbons (Fsp3) is 0.538. The van der Waals surface area contributed by atoms with Crippen LogP contribution in [0.4, 0.5) is 0 Å². The molecule has 0 bridgehead atoms. The Balaban J connectivity index is 2.68. The van der Waals surface area contributed by atoms with Gasteiger partial charge in [0, 0.05) is 22.8 Å². The van der Waals surface area contributed by atoms with Crippen LogP contribution in [0.3, 0.4) is 0 Å². The van der Waals surface area contributed by atoms with Crippen LogP contribution >= 0.6 is 11.3 Å². The lowest BCUT2D eigenvalue weighted by Crippen LogP contribution is -2.24. The molecule has 0 aliphatic heterocycles. The van der Waals surface area contributed by atoms with E-state index in [1.807, 2.05) is 0 Å². The molecule has 2 nitrogen and oxygen atoms in total. The van der Waals surface area contributed by atoms with Crippen molar-refractivity contribution in [2.24, 2.45) is 5.73 Å². The standard InChI is InChI=1S/C13H20N2S/c1-4-6-15(7-5-2)10-12-8-13(9-14)16-11(12)3/h1,8H,5-7,9-10,14H2,2-3H3. The van der Waals surface area contributed by atoms with Crippen molar-refractivity contribution in [2.75, 3.05) is 13.1 Å². The molecule has 88 valence electrons. The van der Waals surface area contributed by atoms with Gasteiger partial charge in [0.05, 0.1) is 6.54 Å². The van der Waals surface area contributed by atoms with Crippen LogP contribution in [0.5, 0.6) is 0 Å². The molecule has 1 aromatic rings. The Labute approximate surface area is 102 Å². The van der Waals surface area contributed by atoms with Gasteiger partial charge in [-0.25, -0.2) is 0 Å². The molecule has 1 rings (SSSR count). The van der Waals surface area contributed by atoms with Crippen LogP contribution in [-0.4, -0.2) is 18.0 Å². The fourth-order valence-corrected chi connectivity index (χ4v) is 2.68. The van der Waals surface area contributed by atoms with E-state index in [9.17, 15) is 0 Å². The van der Waals surface area contributed by atoms with Gasteiger partial charge in [0.1, 0.15) is 0 Å². The number of thiophene rings is 1. The van der Waals surface area contributed by atoms with Gasteiger partial charge in [-0.05, 0) is 31.5 Å². The van der Waals surface area contributed by atoms with Crippen LogP contribution in [0.25, 0.3) is 0 Å². The first-order valence-corrected chi connectivity index (χ1v) is 6.47. The molecule has 0 saturated heterocycles. The van der Waals surface area contributed by atoms with Gasteiger partial charge in [-0.15, -0.1) is 17.8 Å². The zero-order valence-corrected chi connectivity index (χ0v) is 10.9. The Morgan fingerprint density at radius 3 is 2.81 bits per heavy atom. The lowest BCUT2D eigenvalue weighted by molar-refractivity contribution is 0.299. The molecule has 2 N–H and O–H groups in total. The normalized spacial score (nSPS) is 10.7. The molecule has 0 aliphatic carbocycles. The van der Waals surface area contributed by atoms with Crippen molar-refractivity contribution in [1.82, 2.24) is 4.90 Å². The third-order valence-corrected chi connectivity index (χ3v) is 3.64. The number of nitrogens with zero attached hydrogens (tertiary/aromatic N) is 1. The minimum absolute atomic E-state index is 0.633. The van der Waals surface area contributed by atoms with Crippen LogP contribution in [0, 0.1) is 19.3 Å². The Morgan fingerprint density at radius 1 is 1.56 bits per heavy atom. The second-order valence-electron chi connectivity index (χ2n) is 3.91. The number of terminal acetylenes is 1. The van der Waals surface area contributed by atoms with Crippen LogP contribution in [0.2, 0.25) is 0 Å². The van der Waals surface area contributed by atoms with Crippen LogP contribution in [-0.2, 0) is 13.1 Å². The first-order chi connectivity index (χ1) is 7.71. The zero-order valence-electron chi connectivity index (χ0n) is 10.1. The van der Waals surface area contributed by atoms with E-state index in [2.05, 4.69) is 30.7 Å². The van der Waals surface area contributed by atoms with E-state index in [1.54, 1.807) is 11.3 Å². The van der Waals surface area contributed by atoms with Crippen molar-refractivity contribution in [3.05, 3.63) is 21.4 Å². The van der Waals surface area contributed by atoms with Crippen molar-refractivity contribution in [3.8, 4) is 12.3 Å². The maximum absolute atomic E-state index is 5.64. The lowest BCUT2D eigenvalue weighted by atomic mass is 10.2. The number of hydrogen-bond acceptors (Lipinski definition) is 3. The summed E-state index contributed by atoms with van der Waals surface area (Å²) in [4.78, 5) is 4.92. The predicted octanol–water partition coefficient (Wildman–Crippen LogP) is 2.36. The molecule has 1 aromatic heterocycles. The highest BCUT2D eigenvalue weighted by atomic mass is 32.1. The average Bonchev–Trinajstić information content (AvgIpc) is 2.60. The van der Waals surface area contributed by atoms with E-state index in [1.165, 1.54) is 15.3 Å². The number of hydrogen-bond donors (Lipinski definition) is 1. The minimum Gasteiger partial charge on any atom is -0.326 e. The summed E-state index contributed by atoms with van der Waals surface area (Å²) in [6, 6.07) is 2.21. The number of rotatable bonds is 6. The molecule has 1 heterocycles. The minimum atomic E-state index is 0.633. The second kappa shape index (κ2) is 6.70. The maximum atomic E-state index is 5.64. The molecule has 0 saturated carbocycles. The van der Waals surface area contributed by atoms with Crippen molar-refractivity contribution >= 4 is 11.3 Å². The molecule has 3 heteroatoms. The molecule has 0 fully saturated rings. The topological polar surface area (TPSA) is 29.3 Å². The van der Waals surface area contributed by atoms with Crippen LogP contribution in [0.1, 0.15) is 28.7 Å². The lowest BCUT2D eigenvalue weighted by Gasteiger charge is -2.18. The SMILES string of the molecule is C#CCN(CCC)Cc1cc(CN)sc1C.